The monoisotopic (exact) mass is 239 g/mol. The van der Waals surface area contributed by atoms with Crippen LogP contribution in [0.25, 0.3) is 0 Å². The van der Waals surface area contributed by atoms with Crippen molar-refractivity contribution in [2.24, 2.45) is 0 Å². The average Bonchev–Trinajstić information content (AvgIpc) is 2.34. The normalized spacial score (nSPS) is 21.6. The summed E-state index contributed by atoms with van der Waals surface area (Å²) in [5.74, 6) is -0.146. The SMILES string of the molecule is CCC1COCCN1Cc1cc(F)ccc1O. The van der Waals surface area contributed by atoms with Gasteiger partial charge in [0, 0.05) is 24.7 Å². The summed E-state index contributed by atoms with van der Waals surface area (Å²) in [6.45, 7) is 4.93. The van der Waals surface area contributed by atoms with Gasteiger partial charge in [0.25, 0.3) is 0 Å². The van der Waals surface area contributed by atoms with Crippen LogP contribution in [0.15, 0.2) is 18.2 Å². The summed E-state index contributed by atoms with van der Waals surface area (Å²) in [5.41, 5.74) is 0.644. The Hall–Kier alpha value is -1.13. The Bertz CT molecular complexity index is 384. The first-order valence-electron chi connectivity index (χ1n) is 6.00. The maximum absolute atomic E-state index is 13.1. The summed E-state index contributed by atoms with van der Waals surface area (Å²) in [5, 5.41) is 9.70. The zero-order valence-corrected chi connectivity index (χ0v) is 10.0. The Kier molecular flexibility index (Phi) is 3.97. The van der Waals surface area contributed by atoms with Crippen molar-refractivity contribution in [3.05, 3.63) is 29.6 Å². The lowest BCUT2D eigenvalue weighted by Crippen LogP contribution is -2.44. The van der Waals surface area contributed by atoms with Crippen molar-refractivity contribution in [2.45, 2.75) is 25.9 Å². The van der Waals surface area contributed by atoms with E-state index in [0.717, 1.165) is 13.0 Å². The van der Waals surface area contributed by atoms with E-state index in [1.54, 1.807) is 0 Å². The van der Waals surface area contributed by atoms with Crippen LogP contribution in [-0.4, -0.2) is 35.8 Å². The van der Waals surface area contributed by atoms with Gasteiger partial charge in [0.2, 0.25) is 0 Å². The number of hydrogen-bond donors (Lipinski definition) is 1. The fourth-order valence-electron chi connectivity index (χ4n) is 2.17. The third kappa shape index (κ3) is 2.96. The Morgan fingerprint density at radius 1 is 1.53 bits per heavy atom. The summed E-state index contributed by atoms with van der Waals surface area (Å²) >= 11 is 0. The van der Waals surface area contributed by atoms with Crippen LogP contribution < -0.4 is 0 Å². The van der Waals surface area contributed by atoms with Crippen LogP contribution in [0.4, 0.5) is 4.39 Å². The topological polar surface area (TPSA) is 32.7 Å². The molecule has 0 aliphatic carbocycles. The van der Waals surface area contributed by atoms with E-state index in [0.29, 0.717) is 31.4 Å². The summed E-state index contributed by atoms with van der Waals surface area (Å²) in [6.07, 6.45) is 0.996. The second-order valence-electron chi connectivity index (χ2n) is 4.38. The molecule has 94 valence electrons. The van der Waals surface area contributed by atoms with Crippen LogP contribution in [0.5, 0.6) is 5.75 Å². The van der Waals surface area contributed by atoms with E-state index < -0.39 is 0 Å². The van der Waals surface area contributed by atoms with Gasteiger partial charge >= 0.3 is 0 Å². The molecule has 2 rings (SSSR count). The molecule has 0 spiro atoms. The highest BCUT2D eigenvalue weighted by atomic mass is 19.1. The van der Waals surface area contributed by atoms with Gasteiger partial charge in [0.15, 0.2) is 0 Å². The molecule has 1 unspecified atom stereocenters. The molecule has 1 N–H and O–H groups in total. The van der Waals surface area contributed by atoms with E-state index in [9.17, 15) is 9.50 Å². The van der Waals surface area contributed by atoms with Gasteiger partial charge in [-0.25, -0.2) is 4.39 Å². The second kappa shape index (κ2) is 5.47. The highest BCUT2D eigenvalue weighted by Crippen LogP contribution is 2.22. The van der Waals surface area contributed by atoms with Gasteiger partial charge in [0.05, 0.1) is 13.2 Å². The highest BCUT2D eigenvalue weighted by Gasteiger charge is 2.22. The van der Waals surface area contributed by atoms with E-state index in [4.69, 9.17) is 4.74 Å². The van der Waals surface area contributed by atoms with Gasteiger partial charge < -0.3 is 9.84 Å². The molecule has 1 aliphatic heterocycles. The number of morpholine rings is 1. The summed E-state index contributed by atoms with van der Waals surface area (Å²) in [7, 11) is 0. The standard InChI is InChI=1S/C13H18FNO2/c1-2-12-9-17-6-5-15(12)8-10-7-11(14)3-4-13(10)16/h3-4,7,12,16H,2,5-6,8-9H2,1H3. The quantitative estimate of drug-likeness (QED) is 0.877. The third-order valence-electron chi connectivity index (χ3n) is 3.24. The lowest BCUT2D eigenvalue weighted by Gasteiger charge is -2.35. The molecular formula is C13H18FNO2. The van der Waals surface area contributed by atoms with Crippen LogP contribution in [0, 0.1) is 5.82 Å². The van der Waals surface area contributed by atoms with E-state index in [1.165, 1.54) is 18.2 Å². The molecule has 1 atom stereocenters. The molecule has 1 aromatic carbocycles. The van der Waals surface area contributed by atoms with Crippen molar-refractivity contribution in [1.29, 1.82) is 0 Å². The molecule has 17 heavy (non-hydrogen) atoms. The minimum atomic E-state index is -0.306. The second-order valence-corrected chi connectivity index (χ2v) is 4.38. The summed E-state index contributed by atoms with van der Waals surface area (Å²) < 4.78 is 18.5. The number of halogens is 1. The maximum atomic E-state index is 13.1. The van der Waals surface area contributed by atoms with Crippen LogP contribution in [-0.2, 0) is 11.3 Å². The molecule has 1 fully saturated rings. The maximum Gasteiger partial charge on any atom is 0.123 e. The van der Waals surface area contributed by atoms with Gasteiger partial charge in [-0.05, 0) is 24.6 Å². The fourth-order valence-corrected chi connectivity index (χ4v) is 2.17. The van der Waals surface area contributed by atoms with Crippen LogP contribution in [0.1, 0.15) is 18.9 Å². The molecule has 4 heteroatoms. The molecule has 0 saturated carbocycles. The Balaban J connectivity index is 2.10. The molecule has 1 saturated heterocycles. The number of phenols is 1. The Labute approximate surface area is 101 Å². The lowest BCUT2D eigenvalue weighted by atomic mass is 10.1. The van der Waals surface area contributed by atoms with Gasteiger partial charge in [-0.3, -0.25) is 4.90 Å². The number of aromatic hydroxyl groups is 1. The van der Waals surface area contributed by atoms with Crippen molar-refractivity contribution in [1.82, 2.24) is 4.90 Å². The molecule has 1 heterocycles. The fraction of sp³-hybridized carbons (Fsp3) is 0.538. The van der Waals surface area contributed by atoms with E-state index in [1.807, 2.05) is 0 Å². The Morgan fingerprint density at radius 3 is 3.12 bits per heavy atom. The lowest BCUT2D eigenvalue weighted by molar-refractivity contribution is -0.0130. The Morgan fingerprint density at radius 2 is 2.35 bits per heavy atom. The molecular weight excluding hydrogens is 221 g/mol. The minimum absolute atomic E-state index is 0.160. The number of nitrogens with zero attached hydrogens (tertiary/aromatic N) is 1. The molecule has 1 aromatic rings. The first-order chi connectivity index (χ1) is 8.20. The number of rotatable bonds is 3. The predicted octanol–water partition coefficient (Wildman–Crippen LogP) is 2.14. The molecule has 1 aliphatic rings. The molecule has 0 radical (unpaired) electrons. The van der Waals surface area contributed by atoms with Crippen LogP contribution in [0.2, 0.25) is 0 Å². The molecule has 0 amide bonds. The summed E-state index contributed by atoms with van der Waals surface area (Å²) in [6, 6.07) is 4.44. The van der Waals surface area contributed by atoms with Crippen LogP contribution in [0.3, 0.4) is 0 Å². The van der Waals surface area contributed by atoms with Crippen molar-refractivity contribution in [3.63, 3.8) is 0 Å². The van der Waals surface area contributed by atoms with Crippen molar-refractivity contribution in [2.75, 3.05) is 19.8 Å². The van der Waals surface area contributed by atoms with Crippen molar-refractivity contribution >= 4 is 0 Å². The highest BCUT2D eigenvalue weighted by molar-refractivity contribution is 5.32. The van der Waals surface area contributed by atoms with E-state index in [-0.39, 0.29) is 11.6 Å². The van der Waals surface area contributed by atoms with Gasteiger partial charge in [-0.1, -0.05) is 6.92 Å². The van der Waals surface area contributed by atoms with Crippen molar-refractivity contribution in [3.8, 4) is 5.75 Å². The number of benzene rings is 1. The summed E-state index contributed by atoms with van der Waals surface area (Å²) in [4.78, 5) is 2.23. The minimum Gasteiger partial charge on any atom is -0.508 e. The van der Waals surface area contributed by atoms with Gasteiger partial charge in [-0.15, -0.1) is 0 Å². The van der Waals surface area contributed by atoms with E-state index in [2.05, 4.69) is 11.8 Å². The van der Waals surface area contributed by atoms with Gasteiger partial charge in [-0.2, -0.15) is 0 Å². The molecule has 0 bridgehead atoms. The average molecular weight is 239 g/mol. The number of ether oxygens (including phenoxy) is 1. The molecule has 3 nitrogen and oxygen atoms in total. The van der Waals surface area contributed by atoms with Crippen LogP contribution >= 0.6 is 0 Å². The predicted molar refractivity (Wildman–Crippen MR) is 63.4 cm³/mol. The first kappa shape index (κ1) is 12.3. The zero-order chi connectivity index (χ0) is 12.3. The molecule has 0 aromatic heterocycles. The largest absolute Gasteiger partial charge is 0.508 e. The first-order valence-corrected chi connectivity index (χ1v) is 6.00. The number of hydrogen-bond acceptors (Lipinski definition) is 3. The third-order valence-corrected chi connectivity index (χ3v) is 3.24. The van der Waals surface area contributed by atoms with Crippen molar-refractivity contribution < 1.29 is 14.2 Å². The van der Waals surface area contributed by atoms with E-state index >= 15 is 0 Å². The van der Waals surface area contributed by atoms with Gasteiger partial charge in [0.1, 0.15) is 11.6 Å². The smallest absolute Gasteiger partial charge is 0.123 e. The zero-order valence-electron chi connectivity index (χ0n) is 10.0. The number of phenolic OH excluding ortho intramolecular Hbond substituents is 1.